The Hall–Kier alpha value is -3.92. The number of furan rings is 1. The average molecular weight is 453 g/mol. The van der Waals surface area contributed by atoms with Crippen LogP contribution in [0.5, 0.6) is 5.75 Å². The van der Waals surface area contributed by atoms with Gasteiger partial charge in [-0.05, 0) is 43.4 Å². The number of hydrogen-bond donors (Lipinski definition) is 2. The van der Waals surface area contributed by atoms with E-state index in [0.717, 1.165) is 17.8 Å². The van der Waals surface area contributed by atoms with Crippen LogP contribution in [0.25, 0.3) is 0 Å². The highest BCUT2D eigenvalue weighted by Crippen LogP contribution is 2.10. The van der Waals surface area contributed by atoms with E-state index in [1.165, 1.54) is 12.1 Å². The second kappa shape index (κ2) is 11.6. The van der Waals surface area contributed by atoms with Gasteiger partial charge in [0.25, 0.3) is 11.5 Å². The summed E-state index contributed by atoms with van der Waals surface area (Å²) in [4.78, 5) is 38.9. The fourth-order valence-corrected chi connectivity index (χ4v) is 2.99. The van der Waals surface area contributed by atoms with Gasteiger partial charge in [0, 0.05) is 6.07 Å². The van der Waals surface area contributed by atoms with Crippen LogP contribution >= 0.6 is 0 Å². The summed E-state index contributed by atoms with van der Waals surface area (Å²) in [5.74, 6) is 0.130. The number of hydrazine groups is 1. The number of hydrogen-bond acceptors (Lipinski definition) is 7. The van der Waals surface area contributed by atoms with Crippen LogP contribution in [0.4, 0.5) is 0 Å². The fourth-order valence-electron chi connectivity index (χ4n) is 2.99. The molecule has 0 spiro atoms. The monoisotopic (exact) mass is 453 g/mol. The Morgan fingerprint density at radius 3 is 2.45 bits per heavy atom. The second-order valence-corrected chi connectivity index (χ2v) is 7.08. The van der Waals surface area contributed by atoms with Crippen molar-refractivity contribution in [2.45, 2.75) is 26.9 Å². The third kappa shape index (κ3) is 6.78. The van der Waals surface area contributed by atoms with Crippen LogP contribution in [-0.4, -0.2) is 46.2 Å². The molecule has 174 valence electrons. The third-order valence-electron chi connectivity index (χ3n) is 4.86. The summed E-state index contributed by atoms with van der Waals surface area (Å²) in [6, 6.07) is 14.9. The minimum atomic E-state index is -0.670. The van der Waals surface area contributed by atoms with E-state index in [-0.39, 0.29) is 30.2 Å². The second-order valence-electron chi connectivity index (χ2n) is 7.08. The maximum absolute atomic E-state index is 12.4. The SMILES string of the molecule is CCN(CC)Cc1ccc(C(=O)NNC(=O)c2ccc(=O)n(CCOc3ccccc3)n2)o1. The Labute approximate surface area is 191 Å². The van der Waals surface area contributed by atoms with Crippen molar-refractivity contribution < 1.29 is 18.7 Å². The first-order chi connectivity index (χ1) is 16.0. The summed E-state index contributed by atoms with van der Waals surface area (Å²) < 4.78 is 12.2. The summed E-state index contributed by atoms with van der Waals surface area (Å²) in [6.45, 7) is 6.76. The molecule has 0 aliphatic heterocycles. The largest absolute Gasteiger partial charge is 0.492 e. The molecule has 0 saturated carbocycles. The number of nitrogens with one attached hydrogen (secondary N) is 2. The van der Waals surface area contributed by atoms with Crippen LogP contribution in [0.2, 0.25) is 0 Å². The van der Waals surface area contributed by atoms with Gasteiger partial charge in [-0.2, -0.15) is 5.10 Å². The molecule has 0 radical (unpaired) electrons. The normalized spacial score (nSPS) is 10.8. The molecule has 2 amide bonds. The summed E-state index contributed by atoms with van der Waals surface area (Å²) in [5.41, 5.74) is 4.17. The first-order valence-corrected chi connectivity index (χ1v) is 10.7. The highest BCUT2D eigenvalue weighted by molar-refractivity contribution is 5.96. The van der Waals surface area contributed by atoms with E-state index in [2.05, 4.69) is 20.9 Å². The number of amides is 2. The average Bonchev–Trinajstić information content (AvgIpc) is 3.31. The molecule has 33 heavy (non-hydrogen) atoms. The summed E-state index contributed by atoms with van der Waals surface area (Å²) in [7, 11) is 0. The molecule has 0 saturated heterocycles. The van der Waals surface area contributed by atoms with Crippen LogP contribution < -0.4 is 21.1 Å². The molecule has 0 atom stereocenters. The predicted molar refractivity (Wildman–Crippen MR) is 121 cm³/mol. The summed E-state index contributed by atoms with van der Waals surface area (Å²) in [6.07, 6.45) is 0. The number of rotatable bonds is 10. The molecule has 0 bridgehead atoms. The number of ether oxygens (including phenoxy) is 1. The Morgan fingerprint density at radius 2 is 1.73 bits per heavy atom. The van der Waals surface area contributed by atoms with E-state index in [0.29, 0.717) is 18.1 Å². The Bertz CT molecular complexity index is 1120. The van der Waals surface area contributed by atoms with Crippen LogP contribution in [-0.2, 0) is 13.1 Å². The van der Waals surface area contributed by atoms with Gasteiger partial charge in [-0.1, -0.05) is 32.0 Å². The van der Waals surface area contributed by atoms with Gasteiger partial charge in [-0.25, -0.2) is 4.68 Å². The van der Waals surface area contributed by atoms with Gasteiger partial charge in [0.05, 0.1) is 13.1 Å². The van der Waals surface area contributed by atoms with Gasteiger partial charge in [0.1, 0.15) is 18.1 Å². The third-order valence-corrected chi connectivity index (χ3v) is 4.86. The Balaban J connectivity index is 1.53. The molecule has 2 heterocycles. The van der Waals surface area contributed by atoms with Crippen molar-refractivity contribution in [1.82, 2.24) is 25.5 Å². The first-order valence-electron chi connectivity index (χ1n) is 10.7. The Morgan fingerprint density at radius 1 is 1.00 bits per heavy atom. The van der Waals surface area contributed by atoms with Crippen molar-refractivity contribution in [3.8, 4) is 5.75 Å². The van der Waals surface area contributed by atoms with Crippen LogP contribution in [0, 0.1) is 0 Å². The number of carbonyl (C=O) groups excluding carboxylic acids is 2. The molecule has 10 heteroatoms. The van der Waals surface area contributed by atoms with Gasteiger partial charge < -0.3 is 9.15 Å². The van der Waals surface area contributed by atoms with Crippen LogP contribution in [0.3, 0.4) is 0 Å². The van der Waals surface area contributed by atoms with Gasteiger partial charge >= 0.3 is 5.91 Å². The van der Waals surface area contributed by atoms with Gasteiger partial charge in [0.2, 0.25) is 0 Å². The lowest BCUT2D eigenvalue weighted by molar-refractivity contribution is 0.0825. The zero-order valence-corrected chi connectivity index (χ0v) is 18.6. The quantitative estimate of drug-likeness (QED) is 0.450. The zero-order valence-electron chi connectivity index (χ0n) is 18.6. The maximum atomic E-state index is 12.4. The number of para-hydroxylation sites is 1. The van der Waals surface area contributed by atoms with Gasteiger partial charge in [-0.3, -0.25) is 30.1 Å². The highest BCUT2D eigenvalue weighted by atomic mass is 16.5. The fraction of sp³-hybridized carbons (Fsp3) is 0.304. The predicted octanol–water partition coefficient (Wildman–Crippen LogP) is 1.83. The maximum Gasteiger partial charge on any atom is 0.305 e. The summed E-state index contributed by atoms with van der Waals surface area (Å²) >= 11 is 0. The molecule has 0 aliphatic carbocycles. The number of aromatic nitrogens is 2. The molecule has 0 aliphatic rings. The van der Waals surface area contributed by atoms with E-state index in [9.17, 15) is 14.4 Å². The van der Waals surface area contributed by atoms with Crippen molar-refractivity contribution >= 4 is 11.8 Å². The standard InChI is InChI=1S/C23H27N5O5/c1-3-27(4-2)16-18-10-12-20(33-18)23(31)25-24-22(30)19-11-13-21(29)28(26-19)14-15-32-17-8-6-5-7-9-17/h5-13H,3-4,14-16H2,1-2H3,(H,24,30)(H,25,31). The Kier molecular flexibility index (Phi) is 8.36. The van der Waals surface area contributed by atoms with Crippen molar-refractivity contribution in [3.63, 3.8) is 0 Å². The van der Waals surface area contributed by atoms with Gasteiger partial charge in [-0.15, -0.1) is 0 Å². The van der Waals surface area contributed by atoms with Crippen molar-refractivity contribution in [3.05, 3.63) is 82.2 Å². The molecule has 0 fully saturated rings. The minimum absolute atomic E-state index is 0.0312. The molecule has 0 unspecified atom stereocenters. The van der Waals surface area contributed by atoms with E-state index in [1.807, 2.05) is 32.0 Å². The zero-order chi connectivity index (χ0) is 23.6. The first kappa shape index (κ1) is 23.7. The lowest BCUT2D eigenvalue weighted by Crippen LogP contribution is -2.42. The van der Waals surface area contributed by atoms with Crippen LogP contribution in [0.1, 0.15) is 40.7 Å². The minimum Gasteiger partial charge on any atom is -0.492 e. The van der Waals surface area contributed by atoms with E-state index in [4.69, 9.17) is 9.15 Å². The van der Waals surface area contributed by atoms with Crippen molar-refractivity contribution in [1.29, 1.82) is 0 Å². The number of carbonyl (C=O) groups is 2. The van der Waals surface area contributed by atoms with Gasteiger partial charge in [0.15, 0.2) is 11.5 Å². The smallest absolute Gasteiger partial charge is 0.305 e. The molecule has 10 nitrogen and oxygen atoms in total. The molecular weight excluding hydrogens is 426 g/mol. The highest BCUT2D eigenvalue weighted by Gasteiger charge is 2.15. The lowest BCUT2D eigenvalue weighted by atomic mass is 10.3. The van der Waals surface area contributed by atoms with Crippen LogP contribution in [0.15, 0.2) is 63.8 Å². The number of nitrogens with zero attached hydrogens (tertiary/aromatic N) is 3. The summed E-state index contributed by atoms with van der Waals surface area (Å²) in [5, 5.41) is 4.04. The van der Waals surface area contributed by atoms with E-state index in [1.54, 1.807) is 24.3 Å². The molecule has 2 aromatic heterocycles. The molecule has 2 N–H and O–H groups in total. The van der Waals surface area contributed by atoms with E-state index < -0.39 is 11.8 Å². The molecular formula is C23H27N5O5. The van der Waals surface area contributed by atoms with Crippen molar-refractivity contribution in [2.75, 3.05) is 19.7 Å². The topological polar surface area (TPSA) is 119 Å². The van der Waals surface area contributed by atoms with E-state index >= 15 is 0 Å². The van der Waals surface area contributed by atoms with Crippen molar-refractivity contribution in [2.24, 2.45) is 0 Å². The molecule has 1 aromatic carbocycles. The molecule has 3 aromatic rings. The lowest BCUT2D eigenvalue weighted by Gasteiger charge is -2.15. The number of benzene rings is 1. The molecule has 3 rings (SSSR count).